The number of nitrogens with zero attached hydrogens (tertiary/aromatic N) is 4. The number of H-pyrrole nitrogens is 1. The summed E-state index contributed by atoms with van der Waals surface area (Å²) in [6.07, 6.45) is 2.92. The Balaban J connectivity index is 1.36. The minimum atomic E-state index is -0.426. The molecule has 0 aliphatic carbocycles. The van der Waals surface area contributed by atoms with Gasteiger partial charge >= 0.3 is 5.97 Å². The fourth-order valence-corrected chi connectivity index (χ4v) is 7.75. The second kappa shape index (κ2) is 13.5. The largest absolute Gasteiger partial charge is 0.494 e. The van der Waals surface area contributed by atoms with Crippen LogP contribution in [0.2, 0.25) is 5.02 Å². The molecule has 1 aliphatic heterocycles. The van der Waals surface area contributed by atoms with Crippen LogP contribution in [0.1, 0.15) is 80.9 Å². The number of esters is 1. The Bertz CT molecular complexity index is 2310. The van der Waals surface area contributed by atoms with Crippen molar-refractivity contribution in [3.8, 4) is 16.9 Å². The lowest BCUT2D eigenvalue weighted by Crippen LogP contribution is -2.42. The number of carbonyl (C=O) groups is 2. The normalized spacial score (nSPS) is 14.4. The molecule has 0 saturated heterocycles. The summed E-state index contributed by atoms with van der Waals surface area (Å²) in [6.45, 7) is 15.2. The van der Waals surface area contributed by atoms with E-state index in [1.807, 2.05) is 62.9 Å². The Morgan fingerprint density at radius 3 is 2.41 bits per heavy atom. The monoisotopic (exact) mass is 703 g/mol. The van der Waals surface area contributed by atoms with E-state index in [1.54, 1.807) is 19.3 Å². The highest BCUT2D eigenvalue weighted by molar-refractivity contribution is 6.32. The van der Waals surface area contributed by atoms with Crippen LogP contribution >= 0.6 is 11.6 Å². The number of nitrogens with one attached hydrogen (secondary N) is 1. The van der Waals surface area contributed by atoms with Crippen molar-refractivity contribution in [2.24, 2.45) is 0 Å². The number of rotatable bonds is 9. The highest BCUT2D eigenvalue weighted by atomic mass is 35.5. The topological polar surface area (TPSA) is 102 Å². The molecule has 7 rings (SSSR count). The minimum Gasteiger partial charge on any atom is -0.494 e. The number of carbonyl (C=O) groups excluding carboxylic acids is 2. The van der Waals surface area contributed by atoms with Crippen LogP contribution in [-0.4, -0.2) is 51.2 Å². The number of benzene rings is 3. The molecule has 0 spiro atoms. The first-order chi connectivity index (χ1) is 24.5. The van der Waals surface area contributed by atoms with Gasteiger partial charge in [-0.2, -0.15) is 0 Å². The summed E-state index contributed by atoms with van der Waals surface area (Å²) in [5.74, 6) is 0.262. The third-order valence-corrected chi connectivity index (χ3v) is 10.6. The molecule has 6 aromatic rings. The number of hydrogen-bond acceptors (Lipinski definition) is 6. The first-order valence-corrected chi connectivity index (χ1v) is 17.8. The Labute approximate surface area is 302 Å². The number of amides is 1. The van der Waals surface area contributed by atoms with Crippen molar-refractivity contribution >= 4 is 51.0 Å². The zero-order valence-corrected chi connectivity index (χ0v) is 30.9. The van der Waals surface area contributed by atoms with E-state index in [4.69, 9.17) is 21.1 Å². The van der Waals surface area contributed by atoms with Crippen molar-refractivity contribution < 1.29 is 19.1 Å². The molecular weight excluding hydrogens is 662 g/mol. The molecule has 4 heterocycles. The molecule has 0 radical (unpaired) electrons. The minimum absolute atomic E-state index is 0.0780. The third kappa shape index (κ3) is 5.93. The number of para-hydroxylation sites is 1. The van der Waals surface area contributed by atoms with Crippen molar-refractivity contribution in [1.82, 2.24) is 19.5 Å². The number of ether oxygens (including phenoxy) is 2. The van der Waals surface area contributed by atoms with E-state index in [1.165, 1.54) is 0 Å². The summed E-state index contributed by atoms with van der Waals surface area (Å²) in [7, 11) is 0. The van der Waals surface area contributed by atoms with Gasteiger partial charge in [0.2, 0.25) is 0 Å². The van der Waals surface area contributed by atoms with Crippen LogP contribution < -0.4 is 9.64 Å². The van der Waals surface area contributed by atoms with Gasteiger partial charge in [-0.3, -0.25) is 4.79 Å². The molecule has 262 valence electrons. The van der Waals surface area contributed by atoms with Gasteiger partial charge in [0, 0.05) is 50.9 Å². The van der Waals surface area contributed by atoms with Crippen molar-refractivity contribution in [2.75, 3.05) is 24.7 Å². The van der Waals surface area contributed by atoms with Gasteiger partial charge < -0.3 is 23.9 Å². The molecule has 1 N–H and O–H groups in total. The zero-order valence-electron chi connectivity index (χ0n) is 30.1. The van der Waals surface area contributed by atoms with Crippen molar-refractivity contribution in [1.29, 1.82) is 0 Å². The first-order valence-electron chi connectivity index (χ1n) is 17.4. The summed E-state index contributed by atoms with van der Waals surface area (Å²) in [5, 5.41) is 2.62. The van der Waals surface area contributed by atoms with E-state index < -0.39 is 5.97 Å². The molecule has 0 fully saturated rings. The molecule has 9 nitrogen and oxygen atoms in total. The fourth-order valence-electron chi connectivity index (χ4n) is 7.64. The Hall–Kier alpha value is -5.15. The summed E-state index contributed by atoms with van der Waals surface area (Å²) < 4.78 is 13.7. The Morgan fingerprint density at radius 1 is 0.980 bits per heavy atom. The number of halogens is 1. The van der Waals surface area contributed by atoms with Crippen LogP contribution in [0.15, 0.2) is 54.9 Å². The van der Waals surface area contributed by atoms with Crippen LogP contribution in [0.5, 0.6) is 5.75 Å². The number of aryl methyl sites for hydroxylation is 6. The van der Waals surface area contributed by atoms with E-state index >= 15 is 0 Å². The maximum Gasteiger partial charge on any atom is 0.354 e. The number of hydrogen-bond donors (Lipinski definition) is 1. The first kappa shape index (κ1) is 34.3. The van der Waals surface area contributed by atoms with E-state index in [0.717, 1.165) is 83.0 Å². The van der Waals surface area contributed by atoms with Gasteiger partial charge in [0.15, 0.2) is 0 Å². The lowest BCUT2D eigenvalue weighted by atomic mass is 9.94. The molecule has 10 heteroatoms. The highest BCUT2D eigenvalue weighted by Crippen LogP contribution is 2.44. The number of anilines is 1. The molecule has 1 aliphatic rings. The van der Waals surface area contributed by atoms with Crippen LogP contribution in [0.25, 0.3) is 32.9 Å². The third-order valence-electron chi connectivity index (χ3n) is 9.96. The fraction of sp³-hybridized carbons (Fsp3) is 0.317. The maximum absolute atomic E-state index is 15.0. The van der Waals surface area contributed by atoms with Gasteiger partial charge in [0.1, 0.15) is 23.5 Å². The molecule has 0 saturated carbocycles. The van der Waals surface area contributed by atoms with Gasteiger partial charge in [0.05, 0.1) is 29.9 Å². The predicted octanol–water partition coefficient (Wildman–Crippen LogP) is 9.18. The standard InChI is InChI=1S/C41H42ClN5O4/c1-8-50-41(49)32-19-28-11-9-13-33(37(28)45-32)46-20-25(5)47-38-31(15-14-22(2)34(38)35-26(6)43-21-44-27(35)7)30(39(47)40(46)48)12-10-16-51-29-17-23(3)36(42)24(4)18-29/h9,11,13-15,17-19,21,25,45H,8,10,12,16,20H2,1-7H3/t25-/m1/s1. The molecule has 3 aromatic heterocycles. The highest BCUT2D eigenvalue weighted by Gasteiger charge is 2.37. The van der Waals surface area contributed by atoms with Crippen molar-refractivity contribution in [3.63, 3.8) is 0 Å². The summed E-state index contributed by atoms with van der Waals surface area (Å²) >= 11 is 6.41. The van der Waals surface area contributed by atoms with Gasteiger partial charge in [-0.05, 0) is 108 Å². The number of fused-ring (bicyclic) bond motifs is 4. The molecule has 0 bridgehead atoms. The van der Waals surface area contributed by atoms with E-state index in [-0.39, 0.29) is 18.6 Å². The summed E-state index contributed by atoms with van der Waals surface area (Å²) in [5.41, 5.74) is 11.3. The Kier molecular flexibility index (Phi) is 9.10. The van der Waals surface area contributed by atoms with Crippen LogP contribution in [0.4, 0.5) is 5.69 Å². The smallest absolute Gasteiger partial charge is 0.354 e. The SMILES string of the molecule is CCOC(=O)c1cc2cccc(N3C[C@@H](C)n4c(c(CCCOc5cc(C)c(Cl)c(C)c5)c5ccc(C)c(-c6c(C)ncnc6C)c54)C3=O)c2[nH]1. The van der Waals surface area contributed by atoms with Gasteiger partial charge in [0.25, 0.3) is 5.91 Å². The van der Waals surface area contributed by atoms with Crippen LogP contribution in [0, 0.1) is 34.6 Å². The van der Waals surface area contributed by atoms with Gasteiger partial charge in [-0.1, -0.05) is 35.9 Å². The quantitative estimate of drug-likeness (QED) is 0.119. The second-order valence-corrected chi connectivity index (χ2v) is 13.9. The van der Waals surface area contributed by atoms with E-state index in [2.05, 4.69) is 45.5 Å². The van der Waals surface area contributed by atoms with Crippen LogP contribution in [-0.2, 0) is 11.2 Å². The molecule has 1 amide bonds. The molecule has 1 atom stereocenters. The number of aromatic amines is 1. The van der Waals surface area contributed by atoms with Gasteiger partial charge in [-0.25, -0.2) is 14.8 Å². The maximum atomic E-state index is 15.0. The molecule has 3 aromatic carbocycles. The molecule has 51 heavy (non-hydrogen) atoms. The lowest BCUT2D eigenvalue weighted by Gasteiger charge is -2.34. The lowest BCUT2D eigenvalue weighted by molar-refractivity contribution is 0.0520. The molecular formula is C41H42ClN5O4. The summed E-state index contributed by atoms with van der Waals surface area (Å²) in [4.78, 5) is 41.9. The zero-order chi connectivity index (χ0) is 36.1. The second-order valence-electron chi connectivity index (χ2n) is 13.5. The Morgan fingerprint density at radius 2 is 1.71 bits per heavy atom. The van der Waals surface area contributed by atoms with Gasteiger partial charge in [-0.15, -0.1) is 0 Å². The summed E-state index contributed by atoms with van der Waals surface area (Å²) in [6, 6.07) is 15.7. The number of aromatic nitrogens is 4. The average molecular weight is 704 g/mol. The van der Waals surface area contributed by atoms with Crippen molar-refractivity contribution in [3.05, 3.63) is 105 Å². The van der Waals surface area contributed by atoms with Crippen LogP contribution in [0.3, 0.4) is 0 Å². The molecule has 0 unspecified atom stereocenters. The van der Waals surface area contributed by atoms with E-state index in [9.17, 15) is 9.59 Å². The predicted molar refractivity (Wildman–Crippen MR) is 203 cm³/mol. The average Bonchev–Trinajstić information content (AvgIpc) is 3.68. The van der Waals surface area contributed by atoms with Crippen molar-refractivity contribution in [2.45, 2.75) is 67.3 Å². The van der Waals surface area contributed by atoms with E-state index in [0.29, 0.717) is 37.4 Å².